The van der Waals surface area contributed by atoms with Crippen molar-refractivity contribution in [1.29, 1.82) is 0 Å². The minimum absolute atomic E-state index is 0.271. The summed E-state index contributed by atoms with van der Waals surface area (Å²) in [6.45, 7) is 0. The number of rotatable bonds is 3. The van der Waals surface area contributed by atoms with E-state index in [9.17, 15) is 4.39 Å². The molecule has 0 bridgehead atoms. The fourth-order valence-electron chi connectivity index (χ4n) is 3.57. The second-order valence-electron chi connectivity index (χ2n) is 6.58. The number of hydrogen-bond acceptors (Lipinski definition) is 5. The average Bonchev–Trinajstić information content (AvgIpc) is 3.23. The molecular weight excluding hydrogens is 369 g/mol. The third-order valence-corrected chi connectivity index (χ3v) is 4.83. The Bertz CT molecular complexity index is 1380. The maximum atomic E-state index is 14.0. The van der Waals surface area contributed by atoms with E-state index in [0.29, 0.717) is 22.7 Å². The first kappa shape index (κ1) is 17.1. The first-order valence-electron chi connectivity index (χ1n) is 8.97. The topological polar surface area (TPSA) is 78.3 Å². The van der Waals surface area contributed by atoms with Crippen LogP contribution in [0.4, 0.5) is 10.2 Å². The number of anilines is 1. The second-order valence-corrected chi connectivity index (χ2v) is 6.58. The molecule has 7 heteroatoms. The molecule has 5 aromatic rings. The van der Waals surface area contributed by atoms with Gasteiger partial charge in [0.1, 0.15) is 17.1 Å². The minimum Gasteiger partial charge on any atom is -0.494 e. The van der Waals surface area contributed by atoms with Gasteiger partial charge >= 0.3 is 0 Å². The van der Waals surface area contributed by atoms with E-state index in [2.05, 4.69) is 15.0 Å². The summed E-state index contributed by atoms with van der Waals surface area (Å²) in [6, 6.07) is 14.0. The molecule has 0 saturated carbocycles. The van der Waals surface area contributed by atoms with Crippen LogP contribution in [0.2, 0.25) is 0 Å². The molecule has 6 nitrogen and oxygen atoms in total. The Hall–Kier alpha value is -4.00. The van der Waals surface area contributed by atoms with Crippen LogP contribution in [0.3, 0.4) is 0 Å². The third kappa shape index (κ3) is 2.75. The number of hydrogen-bond donors (Lipinski definition) is 1. The number of nitrogen functional groups attached to an aromatic ring is 1. The Labute approximate surface area is 165 Å². The zero-order valence-electron chi connectivity index (χ0n) is 15.5. The monoisotopic (exact) mass is 385 g/mol. The van der Waals surface area contributed by atoms with Crippen molar-refractivity contribution in [2.45, 2.75) is 0 Å². The normalized spacial score (nSPS) is 11.2. The Morgan fingerprint density at radius 2 is 1.90 bits per heavy atom. The Morgan fingerprint density at radius 3 is 2.72 bits per heavy atom. The van der Waals surface area contributed by atoms with Gasteiger partial charge in [0.15, 0.2) is 11.5 Å². The molecule has 0 saturated heterocycles. The van der Waals surface area contributed by atoms with E-state index in [1.807, 2.05) is 34.9 Å². The van der Waals surface area contributed by atoms with Crippen LogP contribution >= 0.6 is 0 Å². The van der Waals surface area contributed by atoms with Gasteiger partial charge in [-0.1, -0.05) is 18.2 Å². The summed E-state index contributed by atoms with van der Waals surface area (Å²) >= 11 is 0. The Kier molecular flexibility index (Phi) is 3.87. The highest BCUT2D eigenvalue weighted by Gasteiger charge is 2.19. The number of imidazole rings is 1. The summed E-state index contributed by atoms with van der Waals surface area (Å²) < 4.78 is 21.4. The third-order valence-electron chi connectivity index (χ3n) is 4.83. The first-order valence-corrected chi connectivity index (χ1v) is 8.97. The standard InChI is InChI=1S/C22H16FN5O/c1-29-17-12-15(10-13-5-3-7-25-18(13)17)20-19(14-4-2-6-16(23)11-14)27-21(24)22-26-8-9-28(20)22/h2-12H,1H3,(H2,24,27). The molecular formula is C22H16FN5O. The molecule has 3 aromatic heterocycles. The highest BCUT2D eigenvalue weighted by molar-refractivity contribution is 5.92. The number of aromatic nitrogens is 4. The molecule has 0 amide bonds. The highest BCUT2D eigenvalue weighted by Crippen LogP contribution is 2.37. The van der Waals surface area contributed by atoms with Gasteiger partial charge in [0.05, 0.1) is 18.5 Å². The lowest BCUT2D eigenvalue weighted by atomic mass is 10.0. The first-order chi connectivity index (χ1) is 14.2. The molecule has 3 heterocycles. The van der Waals surface area contributed by atoms with Crippen LogP contribution in [-0.2, 0) is 0 Å². The van der Waals surface area contributed by atoms with Crippen LogP contribution in [-0.4, -0.2) is 26.5 Å². The summed E-state index contributed by atoms with van der Waals surface area (Å²) in [7, 11) is 1.61. The van der Waals surface area contributed by atoms with Crippen LogP contribution in [0.25, 0.3) is 39.1 Å². The van der Waals surface area contributed by atoms with Crippen molar-refractivity contribution in [3.63, 3.8) is 0 Å². The van der Waals surface area contributed by atoms with E-state index in [0.717, 1.165) is 22.2 Å². The van der Waals surface area contributed by atoms with Crippen molar-refractivity contribution in [3.8, 4) is 28.3 Å². The van der Waals surface area contributed by atoms with Crippen molar-refractivity contribution in [1.82, 2.24) is 19.4 Å². The van der Waals surface area contributed by atoms with Crippen molar-refractivity contribution >= 4 is 22.4 Å². The molecule has 29 heavy (non-hydrogen) atoms. The molecule has 0 unspecified atom stereocenters. The van der Waals surface area contributed by atoms with Crippen LogP contribution in [0, 0.1) is 5.82 Å². The number of benzene rings is 2. The summed E-state index contributed by atoms with van der Waals surface area (Å²) in [6.07, 6.45) is 5.19. The van der Waals surface area contributed by atoms with Crippen LogP contribution < -0.4 is 10.5 Å². The second kappa shape index (κ2) is 6.56. The maximum Gasteiger partial charge on any atom is 0.180 e. The van der Waals surface area contributed by atoms with E-state index in [1.54, 1.807) is 31.6 Å². The Balaban J connectivity index is 1.90. The quantitative estimate of drug-likeness (QED) is 0.500. The van der Waals surface area contributed by atoms with Crippen molar-refractivity contribution < 1.29 is 9.13 Å². The van der Waals surface area contributed by atoms with Gasteiger partial charge in [-0.15, -0.1) is 0 Å². The van der Waals surface area contributed by atoms with Gasteiger partial charge in [0.2, 0.25) is 0 Å². The SMILES string of the molecule is COc1cc(-c2c(-c3cccc(F)c3)nc(N)c3nccn23)cc2cccnc12. The van der Waals surface area contributed by atoms with Crippen LogP contribution in [0.1, 0.15) is 0 Å². The molecule has 142 valence electrons. The maximum absolute atomic E-state index is 14.0. The number of fused-ring (bicyclic) bond motifs is 2. The molecule has 5 rings (SSSR count). The van der Waals surface area contributed by atoms with Crippen molar-refractivity contribution in [3.05, 3.63) is 72.9 Å². The predicted octanol–water partition coefficient (Wildman–Crippen LogP) is 4.34. The number of halogens is 1. The summed E-state index contributed by atoms with van der Waals surface area (Å²) in [5.41, 5.74) is 10.2. The number of ether oxygens (including phenoxy) is 1. The molecule has 0 aliphatic heterocycles. The largest absolute Gasteiger partial charge is 0.494 e. The molecule has 0 radical (unpaired) electrons. The molecule has 0 aliphatic carbocycles. The molecule has 2 N–H and O–H groups in total. The van der Waals surface area contributed by atoms with Crippen molar-refractivity contribution in [2.75, 3.05) is 12.8 Å². The van der Waals surface area contributed by atoms with Gasteiger partial charge in [0.25, 0.3) is 0 Å². The fourth-order valence-corrected chi connectivity index (χ4v) is 3.57. The van der Waals surface area contributed by atoms with Gasteiger partial charge < -0.3 is 10.5 Å². The molecule has 2 aromatic carbocycles. The predicted molar refractivity (Wildman–Crippen MR) is 110 cm³/mol. The van der Waals surface area contributed by atoms with E-state index >= 15 is 0 Å². The van der Waals surface area contributed by atoms with E-state index in [1.165, 1.54) is 12.1 Å². The lowest BCUT2D eigenvalue weighted by Crippen LogP contribution is -2.04. The number of pyridine rings is 1. The number of methoxy groups -OCH3 is 1. The van der Waals surface area contributed by atoms with Gasteiger partial charge in [-0.25, -0.2) is 14.4 Å². The molecule has 0 aliphatic rings. The van der Waals surface area contributed by atoms with Gasteiger partial charge in [-0.05, 0) is 30.3 Å². The molecule has 0 atom stereocenters. The summed E-state index contributed by atoms with van der Waals surface area (Å²) in [4.78, 5) is 13.3. The number of nitrogens with zero attached hydrogens (tertiary/aromatic N) is 4. The van der Waals surface area contributed by atoms with Gasteiger partial charge in [-0.2, -0.15) is 0 Å². The summed E-state index contributed by atoms with van der Waals surface area (Å²) in [5.74, 6) is 0.556. The van der Waals surface area contributed by atoms with Gasteiger partial charge in [-0.3, -0.25) is 9.38 Å². The van der Waals surface area contributed by atoms with E-state index in [-0.39, 0.29) is 11.6 Å². The van der Waals surface area contributed by atoms with E-state index < -0.39 is 0 Å². The zero-order valence-corrected chi connectivity index (χ0v) is 15.5. The zero-order chi connectivity index (χ0) is 20.0. The molecule has 0 fully saturated rings. The fraction of sp³-hybridized carbons (Fsp3) is 0.0455. The van der Waals surface area contributed by atoms with Gasteiger partial charge in [0, 0.05) is 35.1 Å². The van der Waals surface area contributed by atoms with E-state index in [4.69, 9.17) is 10.5 Å². The summed E-state index contributed by atoms with van der Waals surface area (Å²) in [5, 5.41) is 0.914. The molecule has 0 spiro atoms. The van der Waals surface area contributed by atoms with Crippen LogP contribution in [0.15, 0.2) is 67.1 Å². The lowest BCUT2D eigenvalue weighted by Gasteiger charge is -2.15. The lowest BCUT2D eigenvalue weighted by molar-refractivity contribution is 0.419. The smallest absolute Gasteiger partial charge is 0.180 e. The van der Waals surface area contributed by atoms with Crippen molar-refractivity contribution in [2.24, 2.45) is 0 Å². The highest BCUT2D eigenvalue weighted by atomic mass is 19.1. The van der Waals surface area contributed by atoms with Crippen LogP contribution in [0.5, 0.6) is 5.75 Å². The number of nitrogens with two attached hydrogens (primary N) is 1. The Morgan fingerprint density at radius 1 is 1.00 bits per heavy atom. The average molecular weight is 385 g/mol. The minimum atomic E-state index is -0.347.